The van der Waals surface area contributed by atoms with Crippen LogP contribution < -0.4 is 0 Å². The van der Waals surface area contributed by atoms with Crippen molar-refractivity contribution in [3.8, 4) is 0 Å². The van der Waals surface area contributed by atoms with Gasteiger partial charge in [0.1, 0.15) is 0 Å². The fourth-order valence-corrected chi connectivity index (χ4v) is 2.86. The summed E-state index contributed by atoms with van der Waals surface area (Å²) in [4.78, 5) is 35.7. The summed E-state index contributed by atoms with van der Waals surface area (Å²) in [6.07, 6.45) is 0. The van der Waals surface area contributed by atoms with Crippen LogP contribution in [0.15, 0.2) is 30.3 Å². The zero-order valence-electron chi connectivity index (χ0n) is 12.0. The smallest absolute Gasteiger partial charge is 0.338 e. The number of ether oxygens (including phenoxy) is 1. The predicted octanol–water partition coefficient (Wildman–Crippen LogP) is 3.31. The lowest BCUT2D eigenvalue weighted by molar-refractivity contribution is -0.384. The maximum atomic E-state index is 12.0. The van der Waals surface area contributed by atoms with E-state index in [1.807, 2.05) is 13.8 Å². The summed E-state index contributed by atoms with van der Waals surface area (Å²) in [5.41, 5.74) is 0.604. The van der Waals surface area contributed by atoms with E-state index in [4.69, 9.17) is 4.74 Å². The minimum absolute atomic E-state index is 0.114. The molecule has 0 aliphatic heterocycles. The van der Waals surface area contributed by atoms with E-state index in [1.165, 1.54) is 35.6 Å². The van der Waals surface area contributed by atoms with Gasteiger partial charge in [0.05, 0.1) is 10.5 Å². The standard InChI is InChI=1S/C15H13NO5S/c1-9-7-13(10(2)22-9)14(17)8-21-15(18)11-3-5-12(6-4-11)16(19)20/h3-7H,8H2,1-2H3. The zero-order chi connectivity index (χ0) is 16.3. The number of carbonyl (C=O) groups is 2. The van der Waals surface area contributed by atoms with Gasteiger partial charge in [-0.25, -0.2) is 4.79 Å². The molecule has 0 aliphatic carbocycles. The van der Waals surface area contributed by atoms with Crippen LogP contribution in [0.1, 0.15) is 30.5 Å². The van der Waals surface area contributed by atoms with E-state index in [-0.39, 0.29) is 23.6 Å². The van der Waals surface area contributed by atoms with Crippen molar-refractivity contribution in [3.05, 3.63) is 61.3 Å². The molecular weight excluding hydrogens is 306 g/mol. The van der Waals surface area contributed by atoms with Gasteiger partial charge in [0.2, 0.25) is 5.78 Å². The minimum atomic E-state index is -0.687. The van der Waals surface area contributed by atoms with E-state index in [1.54, 1.807) is 6.07 Å². The summed E-state index contributed by atoms with van der Waals surface area (Å²) in [5, 5.41) is 10.5. The average Bonchev–Trinajstić information content (AvgIpc) is 2.83. The van der Waals surface area contributed by atoms with Gasteiger partial charge in [-0.1, -0.05) is 0 Å². The van der Waals surface area contributed by atoms with Gasteiger partial charge in [-0.15, -0.1) is 11.3 Å². The fraction of sp³-hybridized carbons (Fsp3) is 0.200. The van der Waals surface area contributed by atoms with E-state index < -0.39 is 10.9 Å². The number of thiophene rings is 1. The molecule has 0 atom stereocenters. The van der Waals surface area contributed by atoms with Crippen molar-refractivity contribution in [2.24, 2.45) is 0 Å². The SMILES string of the molecule is Cc1cc(C(=O)COC(=O)c2ccc([N+](=O)[O-])cc2)c(C)s1. The number of nitro benzene ring substituents is 1. The van der Waals surface area contributed by atoms with Crippen molar-refractivity contribution in [1.29, 1.82) is 0 Å². The van der Waals surface area contributed by atoms with Crippen LogP contribution in [0.3, 0.4) is 0 Å². The number of ketones is 1. The van der Waals surface area contributed by atoms with Crippen LogP contribution in [0.4, 0.5) is 5.69 Å². The molecule has 22 heavy (non-hydrogen) atoms. The lowest BCUT2D eigenvalue weighted by atomic mass is 10.1. The van der Waals surface area contributed by atoms with E-state index in [2.05, 4.69) is 0 Å². The summed E-state index contributed by atoms with van der Waals surface area (Å²) in [5.74, 6) is -0.954. The molecule has 0 amide bonds. The molecule has 0 saturated heterocycles. The summed E-state index contributed by atoms with van der Waals surface area (Å²) >= 11 is 1.51. The molecule has 2 aromatic rings. The van der Waals surface area contributed by atoms with Crippen molar-refractivity contribution < 1.29 is 19.2 Å². The number of esters is 1. The van der Waals surface area contributed by atoms with Crippen LogP contribution in [0.5, 0.6) is 0 Å². The number of carbonyl (C=O) groups excluding carboxylic acids is 2. The van der Waals surface area contributed by atoms with Crippen molar-refractivity contribution in [2.75, 3.05) is 6.61 Å². The first-order valence-corrected chi connectivity index (χ1v) is 7.22. The van der Waals surface area contributed by atoms with E-state index in [0.29, 0.717) is 5.56 Å². The van der Waals surface area contributed by atoms with Gasteiger partial charge in [0.15, 0.2) is 6.61 Å². The quantitative estimate of drug-likeness (QED) is 0.365. The van der Waals surface area contributed by atoms with Gasteiger partial charge in [-0.2, -0.15) is 0 Å². The molecule has 1 heterocycles. The van der Waals surface area contributed by atoms with Crippen molar-refractivity contribution >= 4 is 28.8 Å². The summed E-state index contributed by atoms with van der Waals surface area (Å²) in [6, 6.07) is 6.79. The second-order valence-electron chi connectivity index (χ2n) is 4.63. The Hall–Kier alpha value is -2.54. The maximum absolute atomic E-state index is 12.0. The lowest BCUT2D eigenvalue weighted by Gasteiger charge is -2.04. The molecule has 0 spiro atoms. The average molecular weight is 319 g/mol. The topological polar surface area (TPSA) is 86.5 Å². The molecule has 0 bridgehead atoms. The molecule has 6 nitrogen and oxygen atoms in total. The van der Waals surface area contributed by atoms with Gasteiger partial charge in [-0.05, 0) is 32.0 Å². The van der Waals surface area contributed by atoms with Crippen LogP contribution in [0, 0.1) is 24.0 Å². The fourth-order valence-electron chi connectivity index (χ4n) is 1.92. The Morgan fingerprint density at radius 3 is 2.36 bits per heavy atom. The van der Waals surface area contributed by atoms with Crippen LogP contribution >= 0.6 is 11.3 Å². The maximum Gasteiger partial charge on any atom is 0.338 e. The van der Waals surface area contributed by atoms with Crippen LogP contribution in [-0.4, -0.2) is 23.3 Å². The minimum Gasteiger partial charge on any atom is -0.454 e. The molecule has 2 rings (SSSR count). The van der Waals surface area contributed by atoms with Gasteiger partial charge < -0.3 is 4.74 Å². The number of Topliss-reactive ketones (excluding diaryl/α,β-unsaturated/α-hetero) is 1. The van der Waals surface area contributed by atoms with Gasteiger partial charge in [-0.3, -0.25) is 14.9 Å². The molecule has 0 saturated carbocycles. The monoisotopic (exact) mass is 319 g/mol. The molecular formula is C15H13NO5S. The Kier molecular flexibility index (Phi) is 4.67. The number of hydrogen-bond acceptors (Lipinski definition) is 6. The summed E-state index contributed by atoms with van der Waals surface area (Å²) < 4.78 is 4.96. The van der Waals surface area contributed by atoms with Gasteiger partial charge in [0, 0.05) is 27.5 Å². The first-order chi connectivity index (χ1) is 10.4. The molecule has 0 radical (unpaired) electrons. The number of aryl methyl sites for hydroxylation is 2. The third-order valence-electron chi connectivity index (χ3n) is 2.99. The number of rotatable bonds is 5. The van der Waals surface area contributed by atoms with Crippen molar-refractivity contribution in [3.63, 3.8) is 0 Å². The Bertz CT molecular complexity index is 733. The van der Waals surface area contributed by atoms with E-state index >= 15 is 0 Å². The third kappa shape index (κ3) is 3.56. The zero-order valence-corrected chi connectivity index (χ0v) is 12.8. The van der Waals surface area contributed by atoms with E-state index in [9.17, 15) is 19.7 Å². The van der Waals surface area contributed by atoms with E-state index in [0.717, 1.165) is 9.75 Å². The highest BCUT2D eigenvalue weighted by Gasteiger charge is 2.16. The third-order valence-corrected chi connectivity index (χ3v) is 3.96. The number of hydrogen-bond donors (Lipinski definition) is 0. The molecule has 0 aliphatic rings. The normalized spacial score (nSPS) is 10.3. The van der Waals surface area contributed by atoms with Crippen molar-refractivity contribution in [2.45, 2.75) is 13.8 Å². The number of non-ortho nitro benzene ring substituents is 1. The first-order valence-electron chi connectivity index (χ1n) is 6.40. The Balaban J connectivity index is 1.99. The Morgan fingerprint density at radius 2 is 1.86 bits per heavy atom. The number of benzene rings is 1. The van der Waals surface area contributed by atoms with Crippen LogP contribution in [-0.2, 0) is 4.74 Å². The van der Waals surface area contributed by atoms with Gasteiger partial charge in [0.25, 0.3) is 5.69 Å². The molecule has 7 heteroatoms. The number of nitro groups is 1. The Labute approximate surface area is 130 Å². The van der Waals surface area contributed by atoms with Crippen LogP contribution in [0.2, 0.25) is 0 Å². The molecule has 1 aromatic heterocycles. The molecule has 0 N–H and O–H groups in total. The number of nitrogens with zero attached hydrogens (tertiary/aromatic N) is 1. The first kappa shape index (κ1) is 15.8. The highest BCUT2D eigenvalue weighted by Crippen LogP contribution is 2.21. The van der Waals surface area contributed by atoms with Crippen LogP contribution in [0.25, 0.3) is 0 Å². The lowest BCUT2D eigenvalue weighted by Crippen LogP contribution is -2.14. The second kappa shape index (κ2) is 6.48. The highest BCUT2D eigenvalue weighted by molar-refractivity contribution is 7.12. The largest absolute Gasteiger partial charge is 0.454 e. The molecule has 0 unspecified atom stereocenters. The summed E-state index contributed by atoms with van der Waals surface area (Å²) in [7, 11) is 0. The Morgan fingerprint density at radius 1 is 1.23 bits per heavy atom. The summed E-state index contributed by atoms with van der Waals surface area (Å²) in [6.45, 7) is 3.38. The predicted molar refractivity (Wildman–Crippen MR) is 81.5 cm³/mol. The molecule has 1 aromatic carbocycles. The second-order valence-corrected chi connectivity index (χ2v) is 6.09. The van der Waals surface area contributed by atoms with Gasteiger partial charge >= 0.3 is 5.97 Å². The highest BCUT2D eigenvalue weighted by atomic mass is 32.1. The molecule has 114 valence electrons. The molecule has 0 fully saturated rings. The van der Waals surface area contributed by atoms with Crippen molar-refractivity contribution in [1.82, 2.24) is 0 Å².